The average molecular weight is 232 g/mol. The van der Waals surface area contributed by atoms with Crippen LogP contribution in [0.4, 0.5) is 4.39 Å². The lowest BCUT2D eigenvalue weighted by Gasteiger charge is -2.45. The van der Waals surface area contributed by atoms with Gasteiger partial charge in [-0.2, -0.15) is 0 Å². The van der Waals surface area contributed by atoms with Crippen molar-refractivity contribution in [3.63, 3.8) is 0 Å². The normalized spacial score (nSPS) is 30.8. The predicted octanol–water partition coefficient (Wildman–Crippen LogP) is 3.29. The largest absolute Gasteiger partial charge is 0.414 e. The monoisotopic (exact) mass is 232 g/mol. The van der Waals surface area contributed by atoms with Crippen LogP contribution >= 0.6 is 0 Å². The van der Waals surface area contributed by atoms with E-state index in [4.69, 9.17) is 4.43 Å². The first kappa shape index (κ1) is 12.1. The van der Waals surface area contributed by atoms with Crippen molar-refractivity contribution in [3.05, 3.63) is 12.2 Å². The van der Waals surface area contributed by atoms with Gasteiger partial charge in [-0.3, -0.25) is 0 Å². The van der Waals surface area contributed by atoms with Crippen molar-refractivity contribution < 1.29 is 8.82 Å². The molecule has 14 heavy (non-hydrogen) atoms. The molecule has 0 aromatic heterocycles. The second-order valence-electron chi connectivity index (χ2n) is 5.17. The summed E-state index contributed by atoms with van der Waals surface area (Å²) < 4.78 is 18.1. The fraction of sp³-hybridized carbons (Fsp3) is 0.800. The zero-order chi connectivity index (χ0) is 10.8. The molecule has 0 radical (unpaired) electrons. The van der Waals surface area contributed by atoms with Gasteiger partial charge in [-0.25, -0.2) is 4.39 Å². The van der Waals surface area contributed by atoms with E-state index in [0.717, 1.165) is 6.42 Å². The summed E-state index contributed by atoms with van der Waals surface area (Å²) in [6, 6.07) is 1.33. The minimum absolute atomic E-state index is 0.188. The van der Waals surface area contributed by atoms with E-state index >= 15 is 0 Å². The number of allylic oxidation sites excluding steroid dienone is 1. The van der Waals surface area contributed by atoms with E-state index in [9.17, 15) is 4.39 Å². The first-order valence-electron chi connectivity index (χ1n) is 5.29. The fourth-order valence-corrected chi connectivity index (χ4v) is 8.27. The minimum Gasteiger partial charge on any atom is -0.414 e. The zero-order valence-corrected chi connectivity index (χ0v) is 11.6. The first-order valence-corrected chi connectivity index (χ1v) is 12.4. The summed E-state index contributed by atoms with van der Waals surface area (Å²) >= 11 is 0. The summed E-state index contributed by atoms with van der Waals surface area (Å²) in [5, 5.41) is 0. The van der Waals surface area contributed by atoms with Crippen LogP contribution in [-0.2, 0) is 4.43 Å². The Morgan fingerprint density at radius 2 is 2.00 bits per heavy atom. The van der Waals surface area contributed by atoms with Crippen molar-refractivity contribution in [2.45, 2.75) is 44.8 Å². The van der Waals surface area contributed by atoms with E-state index in [2.05, 4.69) is 26.2 Å². The number of rotatable bonds is 2. The third kappa shape index (κ3) is 2.55. The summed E-state index contributed by atoms with van der Waals surface area (Å²) in [6.45, 7) is 9.11. The smallest absolute Gasteiger partial charge is 0.174 e. The van der Waals surface area contributed by atoms with Gasteiger partial charge in [-0.1, -0.05) is 31.3 Å². The van der Waals surface area contributed by atoms with Crippen molar-refractivity contribution >= 4 is 15.4 Å². The van der Waals surface area contributed by atoms with Gasteiger partial charge < -0.3 is 4.43 Å². The Kier molecular flexibility index (Phi) is 3.71. The lowest BCUT2D eigenvalue weighted by Crippen LogP contribution is -2.61. The van der Waals surface area contributed by atoms with Crippen LogP contribution < -0.4 is 0 Å². The van der Waals surface area contributed by atoms with Crippen molar-refractivity contribution in [1.29, 1.82) is 0 Å². The number of halogens is 1. The maximum Gasteiger partial charge on any atom is 0.174 e. The Balaban J connectivity index is 2.63. The van der Waals surface area contributed by atoms with Gasteiger partial charge in [0.1, 0.15) is 6.67 Å². The van der Waals surface area contributed by atoms with Crippen LogP contribution in [0.3, 0.4) is 0 Å². The highest BCUT2D eigenvalue weighted by atomic mass is 29.3. The summed E-state index contributed by atoms with van der Waals surface area (Å²) in [5.41, 5.74) is 0. The third-order valence-electron chi connectivity index (χ3n) is 3.57. The highest BCUT2D eigenvalue weighted by molar-refractivity contribution is 7.38. The molecule has 1 fully saturated rings. The highest BCUT2D eigenvalue weighted by Gasteiger charge is 2.46. The molecular formula is C10H21FOSi2. The molecule has 0 aromatic rings. The molecule has 0 bridgehead atoms. The molecule has 0 saturated carbocycles. The molecule has 1 heterocycles. The Bertz CT molecular complexity index is 226. The Hall–Kier alpha value is 0.0638. The van der Waals surface area contributed by atoms with Gasteiger partial charge >= 0.3 is 0 Å². The van der Waals surface area contributed by atoms with E-state index in [1.165, 1.54) is 6.04 Å². The third-order valence-corrected chi connectivity index (χ3v) is 20.1. The molecule has 1 rings (SSSR count). The fourth-order valence-electron chi connectivity index (χ4n) is 1.74. The van der Waals surface area contributed by atoms with Crippen LogP contribution in [0.25, 0.3) is 0 Å². The summed E-state index contributed by atoms with van der Waals surface area (Å²) in [7, 11) is -2.58. The molecule has 0 spiro atoms. The molecule has 0 amide bonds. The van der Waals surface area contributed by atoms with Crippen molar-refractivity contribution in [2.75, 3.05) is 6.67 Å². The van der Waals surface area contributed by atoms with E-state index in [-0.39, 0.29) is 12.8 Å². The van der Waals surface area contributed by atoms with E-state index in [1.807, 2.05) is 6.08 Å². The molecule has 0 aromatic carbocycles. The number of hydrogen-bond donors (Lipinski definition) is 0. The topological polar surface area (TPSA) is 9.23 Å². The quantitative estimate of drug-likeness (QED) is 0.524. The van der Waals surface area contributed by atoms with Crippen molar-refractivity contribution in [3.8, 4) is 0 Å². The molecule has 1 saturated heterocycles. The number of hydrogen-bond acceptors (Lipinski definition) is 1. The summed E-state index contributed by atoms with van der Waals surface area (Å²) in [5.74, 6) is 0. The van der Waals surface area contributed by atoms with Gasteiger partial charge in [0, 0.05) is 0 Å². The highest BCUT2D eigenvalue weighted by Crippen LogP contribution is 2.33. The zero-order valence-electron chi connectivity index (χ0n) is 9.64. The molecule has 0 N–H and O–H groups in total. The molecular weight excluding hydrogens is 211 g/mol. The van der Waals surface area contributed by atoms with Crippen LogP contribution in [0.15, 0.2) is 12.2 Å². The molecule has 1 unspecified atom stereocenters. The van der Waals surface area contributed by atoms with Crippen LogP contribution in [0.2, 0.25) is 32.2 Å². The van der Waals surface area contributed by atoms with E-state index in [0.29, 0.717) is 0 Å². The van der Waals surface area contributed by atoms with Gasteiger partial charge in [0.2, 0.25) is 0 Å². The van der Waals surface area contributed by atoms with Crippen LogP contribution in [0, 0.1) is 0 Å². The van der Waals surface area contributed by atoms with Gasteiger partial charge in [-0.15, -0.1) is 0 Å². The lowest BCUT2D eigenvalue weighted by molar-refractivity contribution is 0.233. The van der Waals surface area contributed by atoms with E-state index < -0.39 is 15.4 Å². The van der Waals surface area contributed by atoms with Gasteiger partial charge in [0.05, 0.1) is 13.7 Å². The maximum absolute atomic E-state index is 12.0. The van der Waals surface area contributed by atoms with Gasteiger partial charge in [0.25, 0.3) is 0 Å². The molecule has 4 heteroatoms. The first-order chi connectivity index (χ1) is 6.39. The maximum atomic E-state index is 12.0. The minimum atomic E-state index is -1.47. The van der Waals surface area contributed by atoms with Crippen LogP contribution in [0.5, 0.6) is 0 Å². The van der Waals surface area contributed by atoms with Gasteiger partial charge in [-0.05, 0) is 19.5 Å². The molecule has 82 valence electrons. The SMILES string of the molecule is C[Si]1(C)CCC(C=CCF)O[Si]1(C)C. The Morgan fingerprint density at radius 3 is 2.50 bits per heavy atom. The second kappa shape index (κ2) is 4.29. The Morgan fingerprint density at radius 1 is 1.36 bits per heavy atom. The molecule has 0 aliphatic carbocycles. The second-order valence-corrected chi connectivity index (χ2v) is 20.4. The summed E-state index contributed by atoms with van der Waals surface area (Å²) in [4.78, 5) is 0. The van der Waals surface area contributed by atoms with Gasteiger partial charge in [0.15, 0.2) is 7.83 Å². The van der Waals surface area contributed by atoms with Crippen molar-refractivity contribution in [1.82, 2.24) is 0 Å². The van der Waals surface area contributed by atoms with Crippen molar-refractivity contribution in [2.24, 2.45) is 0 Å². The van der Waals surface area contributed by atoms with Crippen LogP contribution in [-0.4, -0.2) is 28.2 Å². The van der Waals surface area contributed by atoms with Crippen LogP contribution in [0.1, 0.15) is 6.42 Å². The standard InChI is InChI=1S/C10H21FOSi2/c1-13(2)9-7-10(6-5-8-11)12-14(13,3)4/h5-6,10H,7-9H2,1-4H3. The Labute approximate surface area is 88.3 Å². The van der Waals surface area contributed by atoms with E-state index in [1.54, 1.807) is 6.08 Å². The average Bonchev–Trinajstić information content (AvgIpc) is 2.07. The molecule has 1 atom stereocenters. The molecule has 1 aliphatic heterocycles. The molecule has 1 nitrogen and oxygen atoms in total. The number of alkyl halides is 1. The predicted molar refractivity (Wildman–Crippen MR) is 64.4 cm³/mol. The molecule has 1 aliphatic rings. The summed E-state index contributed by atoms with van der Waals surface area (Å²) in [6.07, 6.45) is 4.76. The lowest BCUT2D eigenvalue weighted by atomic mass is 10.2.